The van der Waals surface area contributed by atoms with E-state index >= 15 is 0 Å². The zero-order valence-corrected chi connectivity index (χ0v) is 10.3. The van der Waals surface area contributed by atoms with E-state index in [-0.39, 0.29) is 0 Å². The average molecular weight is 228 g/mol. The van der Waals surface area contributed by atoms with Gasteiger partial charge in [-0.1, -0.05) is 42.5 Å². The van der Waals surface area contributed by atoms with Gasteiger partial charge < -0.3 is 4.74 Å². The molecular formula is C16H20O. The summed E-state index contributed by atoms with van der Waals surface area (Å²) in [4.78, 5) is 0. The maximum atomic E-state index is 5.84. The van der Waals surface area contributed by atoms with Crippen molar-refractivity contribution in [2.24, 2.45) is 11.3 Å². The summed E-state index contributed by atoms with van der Waals surface area (Å²) in [6, 6.07) is 10.4. The number of benzene rings is 1. The van der Waals surface area contributed by atoms with E-state index in [4.69, 9.17) is 4.74 Å². The lowest BCUT2D eigenvalue weighted by molar-refractivity contribution is 0.103. The third-order valence-electron chi connectivity index (χ3n) is 4.17. The van der Waals surface area contributed by atoms with Gasteiger partial charge in [-0.05, 0) is 42.6 Å². The van der Waals surface area contributed by atoms with Crippen molar-refractivity contribution in [3.63, 3.8) is 0 Å². The van der Waals surface area contributed by atoms with E-state index in [1.54, 1.807) is 0 Å². The normalized spacial score (nSPS) is 30.7. The van der Waals surface area contributed by atoms with Crippen molar-refractivity contribution in [2.45, 2.75) is 32.3 Å². The molecule has 0 aromatic heterocycles. The minimum absolute atomic E-state index is 0.537. The summed E-state index contributed by atoms with van der Waals surface area (Å²) >= 11 is 0. The van der Waals surface area contributed by atoms with Gasteiger partial charge in [0.25, 0.3) is 0 Å². The Morgan fingerprint density at radius 3 is 2.88 bits per heavy atom. The Hall–Kier alpha value is -1.08. The predicted molar refractivity (Wildman–Crippen MR) is 69.6 cm³/mol. The standard InChI is InChI=1S/C16H20O/c1-3-7-14(8-4-1)12-17-13-15-11-16(15)9-5-2-6-10-16/h1,3-5,7-9,15H,2,6,10-13H2/t15-,16-/m0/s1. The van der Waals surface area contributed by atoms with Crippen LogP contribution >= 0.6 is 0 Å². The van der Waals surface area contributed by atoms with E-state index in [0.717, 1.165) is 19.1 Å². The van der Waals surface area contributed by atoms with Crippen molar-refractivity contribution in [3.8, 4) is 0 Å². The highest BCUT2D eigenvalue weighted by Gasteiger charge is 2.51. The van der Waals surface area contributed by atoms with Crippen LogP contribution in [-0.2, 0) is 11.3 Å². The summed E-state index contributed by atoms with van der Waals surface area (Å²) in [5.41, 5.74) is 1.82. The Morgan fingerprint density at radius 2 is 2.12 bits per heavy atom. The molecule has 17 heavy (non-hydrogen) atoms. The van der Waals surface area contributed by atoms with Gasteiger partial charge in [0.1, 0.15) is 0 Å². The van der Waals surface area contributed by atoms with E-state index in [1.807, 2.05) is 6.07 Å². The third-order valence-corrected chi connectivity index (χ3v) is 4.17. The molecule has 1 aromatic rings. The molecule has 0 amide bonds. The fourth-order valence-electron chi connectivity index (χ4n) is 2.98. The molecule has 2 aliphatic rings. The van der Waals surface area contributed by atoms with Crippen LogP contribution in [0.2, 0.25) is 0 Å². The van der Waals surface area contributed by atoms with Crippen LogP contribution in [0, 0.1) is 11.3 Å². The number of allylic oxidation sites excluding steroid dienone is 2. The zero-order valence-electron chi connectivity index (χ0n) is 10.3. The number of hydrogen-bond donors (Lipinski definition) is 0. The molecule has 1 nitrogen and oxygen atoms in total. The number of ether oxygens (including phenoxy) is 1. The molecule has 0 N–H and O–H groups in total. The summed E-state index contributed by atoms with van der Waals surface area (Å²) < 4.78 is 5.84. The first kappa shape index (κ1) is 11.0. The van der Waals surface area contributed by atoms with E-state index in [9.17, 15) is 0 Å². The van der Waals surface area contributed by atoms with Gasteiger partial charge in [-0.3, -0.25) is 0 Å². The van der Waals surface area contributed by atoms with Gasteiger partial charge in [-0.25, -0.2) is 0 Å². The smallest absolute Gasteiger partial charge is 0.0717 e. The second kappa shape index (κ2) is 4.66. The molecule has 3 rings (SSSR count). The Labute approximate surface area is 103 Å². The summed E-state index contributed by atoms with van der Waals surface area (Å²) in [5, 5.41) is 0. The van der Waals surface area contributed by atoms with E-state index in [2.05, 4.69) is 36.4 Å². The maximum Gasteiger partial charge on any atom is 0.0717 e. The summed E-state index contributed by atoms with van der Waals surface area (Å²) in [6.07, 6.45) is 10.2. The average Bonchev–Trinajstić information content (AvgIpc) is 3.04. The minimum Gasteiger partial charge on any atom is -0.376 e. The summed E-state index contributed by atoms with van der Waals surface area (Å²) in [6.45, 7) is 1.69. The first-order valence-corrected chi connectivity index (χ1v) is 6.68. The first-order valence-electron chi connectivity index (χ1n) is 6.68. The summed E-state index contributed by atoms with van der Waals surface area (Å²) in [5.74, 6) is 0.780. The second-order valence-corrected chi connectivity index (χ2v) is 5.43. The highest BCUT2D eigenvalue weighted by Crippen LogP contribution is 2.58. The van der Waals surface area contributed by atoms with Crippen molar-refractivity contribution < 1.29 is 4.74 Å². The van der Waals surface area contributed by atoms with Crippen LogP contribution in [-0.4, -0.2) is 6.61 Å². The van der Waals surface area contributed by atoms with Gasteiger partial charge >= 0.3 is 0 Å². The Bertz CT molecular complexity index is 395. The zero-order chi connectivity index (χ0) is 11.6. The van der Waals surface area contributed by atoms with Crippen LogP contribution in [0.3, 0.4) is 0 Å². The van der Waals surface area contributed by atoms with Crippen LogP contribution in [0.4, 0.5) is 0 Å². The molecule has 0 saturated heterocycles. The minimum atomic E-state index is 0.537. The van der Waals surface area contributed by atoms with Gasteiger partial charge in [0.15, 0.2) is 0 Å². The van der Waals surface area contributed by atoms with Gasteiger partial charge in [0, 0.05) is 0 Å². The van der Waals surface area contributed by atoms with Crippen LogP contribution < -0.4 is 0 Å². The Morgan fingerprint density at radius 1 is 1.24 bits per heavy atom. The lowest BCUT2D eigenvalue weighted by Gasteiger charge is -2.16. The second-order valence-electron chi connectivity index (χ2n) is 5.43. The Balaban J connectivity index is 1.45. The number of rotatable bonds is 4. The fourth-order valence-corrected chi connectivity index (χ4v) is 2.98. The van der Waals surface area contributed by atoms with Gasteiger partial charge in [0.2, 0.25) is 0 Å². The maximum absolute atomic E-state index is 5.84. The molecule has 0 unspecified atom stereocenters. The molecule has 0 heterocycles. The molecule has 1 fully saturated rings. The molecule has 1 aromatic carbocycles. The third kappa shape index (κ3) is 2.44. The molecule has 0 bridgehead atoms. The quantitative estimate of drug-likeness (QED) is 0.709. The molecule has 0 aliphatic heterocycles. The SMILES string of the molecule is C1=C[C@]2(CCC1)C[C@H]2COCc1ccccc1. The number of hydrogen-bond acceptors (Lipinski definition) is 1. The van der Waals surface area contributed by atoms with Crippen molar-refractivity contribution in [2.75, 3.05) is 6.61 Å². The lowest BCUT2D eigenvalue weighted by atomic mass is 9.91. The molecule has 90 valence electrons. The van der Waals surface area contributed by atoms with Crippen LogP contribution in [0.15, 0.2) is 42.5 Å². The van der Waals surface area contributed by atoms with E-state index in [0.29, 0.717) is 5.41 Å². The van der Waals surface area contributed by atoms with Crippen LogP contribution in [0.1, 0.15) is 31.2 Å². The van der Waals surface area contributed by atoms with Crippen LogP contribution in [0.25, 0.3) is 0 Å². The highest BCUT2D eigenvalue weighted by atomic mass is 16.5. The largest absolute Gasteiger partial charge is 0.376 e. The monoisotopic (exact) mass is 228 g/mol. The van der Waals surface area contributed by atoms with E-state index in [1.165, 1.54) is 31.2 Å². The first-order chi connectivity index (χ1) is 8.39. The molecule has 1 heteroatoms. The fraction of sp³-hybridized carbons (Fsp3) is 0.500. The molecule has 2 atom stereocenters. The topological polar surface area (TPSA) is 9.23 Å². The molecule has 1 saturated carbocycles. The molecule has 2 aliphatic carbocycles. The van der Waals surface area contributed by atoms with E-state index < -0.39 is 0 Å². The predicted octanol–water partition coefficient (Wildman–Crippen LogP) is 3.95. The van der Waals surface area contributed by atoms with Crippen molar-refractivity contribution in [1.29, 1.82) is 0 Å². The van der Waals surface area contributed by atoms with Crippen LogP contribution in [0.5, 0.6) is 0 Å². The molecule has 0 radical (unpaired) electrons. The van der Waals surface area contributed by atoms with Crippen molar-refractivity contribution >= 4 is 0 Å². The van der Waals surface area contributed by atoms with Crippen molar-refractivity contribution in [3.05, 3.63) is 48.0 Å². The Kier molecular flexibility index (Phi) is 3.02. The van der Waals surface area contributed by atoms with Gasteiger partial charge in [-0.15, -0.1) is 0 Å². The molecule has 1 spiro atoms. The molecular weight excluding hydrogens is 208 g/mol. The van der Waals surface area contributed by atoms with Gasteiger partial charge in [0.05, 0.1) is 13.2 Å². The van der Waals surface area contributed by atoms with Gasteiger partial charge in [-0.2, -0.15) is 0 Å². The lowest BCUT2D eigenvalue weighted by Crippen LogP contribution is -2.08. The highest BCUT2D eigenvalue weighted by molar-refractivity contribution is 5.17. The summed E-state index contributed by atoms with van der Waals surface area (Å²) in [7, 11) is 0. The van der Waals surface area contributed by atoms with Crippen molar-refractivity contribution in [1.82, 2.24) is 0 Å².